The van der Waals surface area contributed by atoms with Crippen molar-refractivity contribution in [2.75, 3.05) is 7.11 Å². The van der Waals surface area contributed by atoms with Crippen LogP contribution in [0.3, 0.4) is 0 Å². The Morgan fingerprint density at radius 1 is 0.719 bits per heavy atom. The maximum absolute atomic E-state index is 12.7. The molecule has 0 aliphatic heterocycles. The van der Waals surface area contributed by atoms with Crippen LogP contribution in [0.25, 0.3) is 33.8 Å². The Labute approximate surface area is 331 Å². The van der Waals surface area contributed by atoms with Gasteiger partial charge in [0.1, 0.15) is 17.2 Å². The average Bonchev–Trinajstić information content (AvgIpc) is 3.92. The zero-order chi connectivity index (χ0) is 39.2. The Balaban J connectivity index is 1.18. The molecule has 57 heavy (non-hydrogen) atoms. The Morgan fingerprint density at radius 2 is 1.32 bits per heavy atom. The summed E-state index contributed by atoms with van der Waals surface area (Å²) in [5.74, 6) is 1.55. The molecule has 8 rings (SSSR count). The lowest BCUT2D eigenvalue weighted by atomic mass is 9.77. The molecular formula is C47H42N8O2. The number of nitrogens with zero attached hydrogens (tertiary/aromatic N) is 8. The molecule has 0 fully saturated rings. The lowest BCUT2D eigenvalue weighted by molar-refractivity contribution is 0.0594. The van der Waals surface area contributed by atoms with Gasteiger partial charge in [-0.25, -0.2) is 24.4 Å². The molecule has 0 radical (unpaired) electrons. The van der Waals surface area contributed by atoms with E-state index >= 15 is 0 Å². The van der Waals surface area contributed by atoms with Crippen molar-refractivity contribution in [2.45, 2.75) is 45.2 Å². The molecule has 0 saturated heterocycles. The van der Waals surface area contributed by atoms with E-state index in [1.807, 2.05) is 41.2 Å². The van der Waals surface area contributed by atoms with E-state index in [1.165, 1.54) is 7.11 Å². The van der Waals surface area contributed by atoms with Crippen LogP contribution in [0.5, 0.6) is 0 Å². The maximum Gasteiger partial charge on any atom is 0.357 e. The summed E-state index contributed by atoms with van der Waals surface area (Å²) in [5.41, 5.74) is 7.69. The van der Waals surface area contributed by atoms with Crippen molar-refractivity contribution in [3.63, 3.8) is 0 Å². The Kier molecular flexibility index (Phi) is 10.6. The minimum absolute atomic E-state index is 0.208. The smallest absolute Gasteiger partial charge is 0.357 e. The highest BCUT2D eigenvalue weighted by Crippen LogP contribution is 2.43. The third-order valence-corrected chi connectivity index (χ3v) is 10.3. The highest BCUT2D eigenvalue weighted by molar-refractivity contribution is 5.94. The lowest BCUT2D eigenvalue weighted by Gasteiger charge is -2.36. The number of tetrazole rings is 1. The second kappa shape index (κ2) is 16.3. The minimum atomic E-state index is -0.874. The normalized spacial score (nSPS) is 11.4. The van der Waals surface area contributed by atoms with Crippen molar-refractivity contribution in [1.29, 1.82) is 0 Å². The topological polar surface area (TPSA) is 114 Å². The summed E-state index contributed by atoms with van der Waals surface area (Å²) in [6.07, 6.45) is 6.45. The summed E-state index contributed by atoms with van der Waals surface area (Å²) in [6.45, 7) is 4.51. The van der Waals surface area contributed by atoms with Gasteiger partial charge in [-0.05, 0) is 57.2 Å². The van der Waals surface area contributed by atoms with E-state index in [0.717, 1.165) is 64.0 Å². The van der Waals surface area contributed by atoms with Crippen molar-refractivity contribution in [3.05, 3.63) is 192 Å². The standard InChI is InChI=1S/C47H42N8O2/c1-4-5-25-43-50-42(41-30-48-33(2)49-44(41)46(56)57-3)32-54(43)31-34-26-28-35(29-27-34)39-23-15-16-24-40(39)45-51-52-53-55(45)47(36-17-9-6-10-18-36,37-19-11-7-12-20-37)38-21-13-8-14-22-38/h6-24,26-30,32H,4-5,25,31H2,1-3H3. The van der Waals surface area contributed by atoms with Gasteiger partial charge in [0.25, 0.3) is 0 Å². The molecule has 0 bridgehead atoms. The number of hydrogen-bond donors (Lipinski definition) is 0. The highest BCUT2D eigenvalue weighted by Gasteiger charge is 2.42. The van der Waals surface area contributed by atoms with Gasteiger partial charge in [-0.3, -0.25) is 0 Å². The Morgan fingerprint density at radius 3 is 1.91 bits per heavy atom. The number of benzene rings is 5. The number of carbonyl (C=O) groups excluding carboxylic acids is 1. The number of rotatable bonds is 13. The first-order valence-electron chi connectivity index (χ1n) is 19.1. The molecule has 0 unspecified atom stereocenters. The Hall–Kier alpha value is -7.07. The molecule has 0 aliphatic carbocycles. The fraction of sp³-hybridized carbons (Fsp3) is 0.170. The number of esters is 1. The van der Waals surface area contributed by atoms with Gasteiger partial charge in [0, 0.05) is 30.9 Å². The van der Waals surface area contributed by atoms with Gasteiger partial charge in [-0.15, -0.1) is 5.10 Å². The first kappa shape index (κ1) is 36.9. The minimum Gasteiger partial charge on any atom is -0.464 e. The first-order chi connectivity index (χ1) is 28.0. The van der Waals surface area contributed by atoms with Crippen molar-refractivity contribution >= 4 is 5.97 Å². The number of aromatic nitrogens is 8. The van der Waals surface area contributed by atoms with E-state index < -0.39 is 11.5 Å². The number of ether oxygens (including phenoxy) is 1. The molecule has 8 aromatic rings. The van der Waals surface area contributed by atoms with Crippen molar-refractivity contribution in [1.82, 2.24) is 39.7 Å². The van der Waals surface area contributed by atoms with Gasteiger partial charge >= 0.3 is 5.97 Å². The number of methoxy groups -OCH3 is 1. The first-order valence-corrected chi connectivity index (χ1v) is 19.1. The molecular weight excluding hydrogens is 709 g/mol. The molecule has 0 amide bonds. The van der Waals surface area contributed by atoms with Crippen LogP contribution in [0.15, 0.2) is 152 Å². The third-order valence-electron chi connectivity index (χ3n) is 10.3. The van der Waals surface area contributed by atoms with Gasteiger partial charge < -0.3 is 9.30 Å². The summed E-state index contributed by atoms with van der Waals surface area (Å²) in [7, 11) is 1.35. The van der Waals surface area contributed by atoms with Crippen LogP contribution in [0.1, 0.15) is 64.2 Å². The van der Waals surface area contributed by atoms with Gasteiger partial charge in [0.2, 0.25) is 0 Å². The number of imidazole rings is 1. The summed E-state index contributed by atoms with van der Waals surface area (Å²) in [5, 5.41) is 13.8. The van der Waals surface area contributed by atoms with Crippen molar-refractivity contribution in [3.8, 4) is 33.8 Å². The molecule has 0 spiro atoms. The molecule has 0 N–H and O–H groups in total. The van der Waals surface area contributed by atoms with Crippen LogP contribution in [0.2, 0.25) is 0 Å². The van der Waals surface area contributed by atoms with Crippen LogP contribution in [0.4, 0.5) is 0 Å². The third kappa shape index (κ3) is 7.13. The van der Waals surface area contributed by atoms with Crippen molar-refractivity contribution < 1.29 is 9.53 Å². The largest absolute Gasteiger partial charge is 0.464 e. The molecule has 3 heterocycles. The molecule has 0 saturated carbocycles. The second-order valence-corrected chi connectivity index (χ2v) is 13.9. The average molecular weight is 751 g/mol. The van der Waals surface area contributed by atoms with Crippen LogP contribution >= 0.6 is 0 Å². The number of unbranched alkanes of at least 4 members (excludes halogenated alkanes) is 1. The summed E-state index contributed by atoms with van der Waals surface area (Å²) >= 11 is 0. The van der Waals surface area contributed by atoms with Crippen LogP contribution in [0, 0.1) is 6.92 Å². The predicted octanol–water partition coefficient (Wildman–Crippen LogP) is 8.99. The number of aryl methyl sites for hydroxylation is 2. The summed E-state index contributed by atoms with van der Waals surface area (Å²) < 4.78 is 9.16. The summed E-state index contributed by atoms with van der Waals surface area (Å²) in [4.78, 5) is 26.4. The van der Waals surface area contributed by atoms with Crippen LogP contribution < -0.4 is 0 Å². The van der Waals surface area contributed by atoms with E-state index in [4.69, 9.17) is 20.0 Å². The molecule has 3 aromatic heterocycles. The fourth-order valence-electron chi connectivity index (χ4n) is 7.57. The number of carbonyl (C=O) groups is 1. The molecule has 0 aliphatic rings. The zero-order valence-corrected chi connectivity index (χ0v) is 32.2. The number of hydrogen-bond acceptors (Lipinski definition) is 8. The van der Waals surface area contributed by atoms with Crippen molar-refractivity contribution in [2.24, 2.45) is 0 Å². The van der Waals surface area contributed by atoms with E-state index in [2.05, 4.69) is 136 Å². The van der Waals surface area contributed by atoms with Gasteiger partial charge in [0.05, 0.1) is 18.4 Å². The molecule has 0 atom stereocenters. The molecule has 5 aromatic carbocycles. The predicted molar refractivity (Wildman–Crippen MR) is 220 cm³/mol. The highest BCUT2D eigenvalue weighted by atomic mass is 16.5. The molecule has 10 nitrogen and oxygen atoms in total. The lowest BCUT2D eigenvalue weighted by Crippen LogP contribution is -2.39. The zero-order valence-electron chi connectivity index (χ0n) is 32.2. The van der Waals surface area contributed by atoms with Crippen LogP contribution in [-0.2, 0) is 23.2 Å². The van der Waals surface area contributed by atoms with E-state index in [0.29, 0.717) is 29.5 Å². The Bertz CT molecular complexity index is 2510. The van der Waals surface area contributed by atoms with E-state index in [-0.39, 0.29) is 5.69 Å². The van der Waals surface area contributed by atoms with Gasteiger partial charge in [0.15, 0.2) is 11.5 Å². The van der Waals surface area contributed by atoms with Gasteiger partial charge in [-0.1, -0.05) is 153 Å². The SMILES string of the molecule is CCCCc1nc(-c2cnc(C)nc2C(=O)OC)cn1Cc1ccc(-c2ccccc2-c2nnnn2C(c2ccccc2)(c2ccccc2)c2ccccc2)cc1. The maximum atomic E-state index is 12.7. The second-order valence-electron chi connectivity index (χ2n) is 13.9. The quantitative estimate of drug-likeness (QED) is 0.0848. The molecule has 10 heteroatoms. The molecule has 282 valence electrons. The van der Waals surface area contributed by atoms with Crippen LogP contribution in [-0.4, -0.2) is 52.8 Å². The monoisotopic (exact) mass is 750 g/mol. The summed E-state index contributed by atoms with van der Waals surface area (Å²) in [6, 6.07) is 48.1. The van der Waals surface area contributed by atoms with E-state index in [9.17, 15) is 4.79 Å². The fourth-order valence-corrected chi connectivity index (χ4v) is 7.57. The van der Waals surface area contributed by atoms with E-state index in [1.54, 1.807) is 13.1 Å². The van der Waals surface area contributed by atoms with Gasteiger partial charge in [-0.2, -0.15) is 0 Å².